The third-order valence-corrected chi connectivity index (χ3v) is 3.87. The number of carbonyl (C=O) groups is 2. The van der Waals surface area contributed by atoms with E-state index < -0.39 is 5.97 Å². The number of hydrogen-bond donors (Lipinski definition) is 2. The second-order valence-electron chi connectivity index (χ2n) is 4.37. The van der Waals surface area contributed by atoms with Gasteiger partial charge in [0.2, 0.25) is 5.91 Å². The van der Waals surface area contributed by atoms with E-state index in [1.165, 1.54) is 11.3 Å². The van der Waals surface area contributed by atoms with Crippen LogP contribution in [0.25, 0.3) is 0 Å². The van der Waals surface area contributed by atoms with Crippen molar-refractivity contribution < 1.29 is 19.1 Å². The van der Waals surface area contributed by atoms with Gasteiger partial charge in [-0.05, 0) is 23.6 Å². The number of aliphatic carboxylic acids is 1. The molecule has 2 rings (SSSR count). The summed E-state index contributed by atoms with van der Waals surface area (Å²) in [4.78, 5) is 23.7. The smallest absolute Gasteiger partial charge is 0.304 e. The van der Waals surface area contributed by atoms with Crippen molar-refractivity contribution in [3.63, 3.8) is 0 Å². The lowest BCUT2D eigenvalue weighted by atomic mass is 9.99. The van der Waals surface area contributed by atoms with E-state index in [9.17, 15) is 9.59 Å². The van der Waals surface area contributed by atoms with Crippen molar-refractivity contribution in [2.45, 2.75) is 25.3 Å². The van der Waals surface area contributed by atoms with E-state index in [-0.39, 0.29) is 24.7 Å². The average molecular weight is 293 g/mol. The van der Waals surface area contributed by atoms with Crippen LogP contribution in [0.5, 0.6) is 0 Å². The van der Waals surface area contributed by atoms with Crippen LogP contribution in [0, 0.1) is 0 Å². The minimum absolute atomic E-state index is 0.0469. The van der Waals surface area contributed by atoms with Gasteiger partial charge in [0.05, 0.1) is 19.2 Å². The lowest BCUT2D eigenvalue weighted by Gasteiger charge is -2.12. The summed E-state index contributed by atoms with van der Waals surface area (Å²) >= 11 is 1.47. The maximum atomic E-state index is 11.9. The Hall–Kier alpha value is -2.08. The summed E-state index contributed by atoms with van der Waals surface area (Å²) in [6.45, 7) is 0.316. The fourth-order valence-corrected chi connectivity index (χ4v) is 2.73. The molecule has 20 heavy (non-hydrogen) atoms. The van der Waals surface area contributed by atoms with Gasteiger partial charge in [-0.1, -0.05) is 6.07 Å². The first-order valence-electron chi connectivity index (χ1n) is 6.19. The van der Waals surface area contributed by atoms with Crippen molar-refractivity contribution in [2.24, 2.45) is 0 Å². The Morgan fingerprint density at radius 3 is 2.75 bits per heavy atom. The molecule has 106 valence electrons. The average Bonchev–Trinajstić information content (AvgIpc) is 3.08. The van der Waals surface area contributed by atoms with E-state index in [0.717, 1.165) is 4.88 Å². The summed E-state index contributed by atoms with van der Waals surface area (Å²) in [5, 5.41) is 13.5. The minimum Gasteiger partial charge on any atom is -0.481 e. The Labute approximate surface area is 120 Å². The summed E-state index contributed by atoms with van der Waals surface area (Å²) in [6.07, 6.45) is 1.66. The third-order valence-electron chi connectivity index (χ3n) is 2.84. The highest BCUT2D eigenvalue weighted by Gasteiger charge is 2.20. The zero-order chi connectivity index (χ0) is 14.4. The zero-order valence-corrected chi connectivity index (χ0v) is 11.6. The van der Waals surface area contributed by atoms with E-state index in [1.54, 1.807) is 18.4 Å². The molecule has 2 N–H and O–H groups in total. The van der Waals surface area contributed by atoms with Gasteiger partial charge in [-0.3, -0.25) is 9.59 Å². The summed E-state index contributed by atoms with van der Waals surface area (Å²) in [6, 6.07) is 7.24. The highest BCUT2D eigenvalue weighted by Crippen LogP contribution is 2.27. The molecule has 0 saturated heterocycles. The van der Waals surface area contributed by atoms with Crippen molar-refractivity contribution in [2.75, 3.05) is 0 Å². The predicted octanol–water partition coefficient (Wildman–Crippen LogP) is 2.61. The van der Waals surface area contributed by atoms with E-state index in [4.69, 9.17) is 9.52 Å². The highest BCUT2D eigenvalue weighted by atomic mass is 32.1. The number of carboxylic acids is 1. The number of carboxylic acid groups (broad SMARTS) is 1. The molecule has 0 aliphatic carbocycles. The van der Waals surface area contributed by atoms with Crippen molar-refractivity contribution in [3.8, 4) is 0 Å². The molecule has 0 fully saturated rings. The Morgan fingerprint density at radius 1 is 1.30 bits per heavy atom. The van der Waals surface area contributed by atoms with Crippen molar-refractivity contribution in [1.82, 2.24) is 5.32 Å². The topological polar surface area (TPSA) is 79.5 Å². The number of furan rings is 1. The molecule has 0 saturated carbocycles. The Balaban J connectivity index is 1.90. The molecule has 5 nitrogen and oxygen atoms in total. The summed E-state index contributed by atoms with van der Waals surface area (Å²) in [5.41, 5.74) is 0. The molecule has 2 heterocycles. The van der Waals surface area contributed by atoms with Crippen molar-refractivity contribution >= 4 is 23.2 Å². The number of amides is 1. The molecule has 0 aromatic carbocycles. The third kappa shape index (κ3) is 4.24. The van der Waals surface area contributed by atoms with Gasteiger partial charge < -0.3 is 14.8 Å². The van der Waals surface area contributed by atoms with Crippen LogP contribution in [0.2, 0.25) is 0 Å². The maximum Gasteiger partial charge on any atom is 0.304 e. The lowest BCUT2D eigenvalue weighted by molar-refractivity contribution is -0.137. The van der Waals surface area contributed by atoms with Gasteiger partial charge in [-0.2, -0.15) is 0 Å². The number of hydrogen-bond acceptors (Lipinski definition) is 4. The van der Waals surface area contributed by atoms with Crippen LogP contribution in [0.15, 0.2) is 40.3 Å². The SMILES string of the molecule is O=C(O)CC(CC(=O)NCc1ccco1)c1cccs1. The zero-order valence-electron chi connectivity index (χ0n) is 10.7. The van der Waals surface area contributed by atoms with Gasteiger partial charge in [0.15, 0.2) is 0 Å². The fourth-order valence-electron chi connectivity index (χ4n) is 1.90. The van der Waals surface area contributed by atoms with Gasteiger partial charge in [-0.25, -0.2) is 0 Å². The monoisotopic (exact) mass is 293 g/mol. The Morgan fingerprint density at radius 2 is 2.15 bits per heavy atom. The summed E-state index contributed by atoms with van der Waals surface area (Å²) in [5.74, 6) is -0.698. The molecule has 0 aliphatic rings. The molecule has 6 heteroatoms. The first-order valence-corrected chi connectivity index (χ1v) is 7.07. The first kappa shape index (κ1) is 14.3. The molecular formula is C14H15NO4S. The van der Waals surface area contributed by atoms with E-state index in [2.05, 4.69) is 5.32 Å². The molecule has 1 unspecified atom stereocenters. The number of carbonyl (C=O) groups excluding carboxylic acids is 1. The Kier molecular flexibility index (Phi) is 4.95. The highest BCUT2D eigenvalue weighted by molar-refractivity contribution is 7.10. The number of rotatable bonds is 7. The van der Waals surface area contributed by atoms with Gasteiger partial charge >= 0.3 is 5.97 Å². The largest absolute Gasteiger partial charge is 0.481 e. The van der Waals surface area contributed by atoms with Crippen LogP contribution in [-0.4, -0.2) is 17.0 Å². The van der Waals surface area contributed by atoms with Crippen LogP contribution >= 0.6 is 11.3 Å². The molecule has 0 bridgehead atoms. The van der Waals surface area contributed by atoms with Crippen LogP contribution in [0.1, 0.15) is 29.4 Å². The second-order valence-corrected chi connectivity index (χ2v) is 5.35. The molecule has 0 radical (unpaired) electrons. The van der Waals surface area contributed by atoms with E-state index in [1.807, 2.05) is 17.5 Å². The number of nitrogens with one attached hydrogen (secondary N) is 1. The van der Waals surface area contributed by atoms with Crippen LogP contribution in [0.4, 0.5) is 0 Å². The van der Waals surface area contributed by atoms with E-state index >= 15 is 0 Å². The Bertz CT molecular complexity index is 548. The minimum atomic E-state index is -0.901. The van der Waals surface area contributed by atoms with Gasteiger partial charge in [0.25, 0.3) is 0 Å². The standard InChI is InChI=1S/C14H15NO4S/c16-13(15-9-11-3-1-5-19-11)7-10(8-14(17)18)12-4-2-6-20-12/h1-6,10H,7-9H2,(H,15,16)(H,17,18). The van der Waals surface area contributed by atoms with Crippen LogP contribution in [-0.2, 0) is 16.1 Å². The summed E-state index contributed by atoms with van der Waals surface area (Å²) in [7, 11) is 0. The normalized spacial score (nSPS) is 12.0. The first-order chi connectivity index (χ1) is 9.65. The molecule has 2 aromatic heterocycles. The maximum absolute atomic E-state index is 11.9. The van der Waals surface area contributed by atoms with Gasteiger partial charge in [0.1, 0.15) is 5.76 Å². The molecular weight excluding hydrogens is 278 g/mol. The predicted molar refractivity (Wildman–Crippen MR) is 74.5 cm³/mol. The molecule has 1 amide bonds. The molecule has 2 aromatic rings. The van der Waals surface area contributed by atoms with Crippen molar-refractivity contribution in [3.05, 3.63) is 46.5 Å². The van der Waals surface area contributed by atoms with E-state index in [0.29, 0.717) is 12.3 Å². The van der Waals surface area contributed by atoms with Gasteiger partial charge in [-0.15, -0.1) is 11.3 Å². The lowest BCUT2D eigenvalue weighted by Crippen LogP contribution is -2.25. The second kappa shape index (κ2) is 6.91. The van der Waals surface area contributed by atoms with Crippen LogP contribution < -0.4 is 5.32 Å². The quantitative estimate of drug-likeness (QED) is 0.822. The molecule has 0 aliphatic heterocycles. The van der Waals surface area contributed by atoms with Crippen LogP contribution in [0.3, 0.4) is 0 Å². The molecule has 1 atom stereocenters. The van der Waals surface area contributed by atoms with Crippen molar-refractivity contribution in [1.29, 1.82) is 0 Å². The summed E-state index contributed by atoms with van der Waals surface area (Å²) < 4.78 is 5.12. The fraction of sp³-hybridized carbons (Fsp3) is 0.286. The molecule has 0 spiro atoms. The van der Waals surface area contributed by atoms with Gasteiger partial charge in [0, 0.05) is 17.2 Å². The number of thiophene rings is 1.